The van der Waals surface area contributed by atoms with Crippen LogP contribution < -0.4 is 0 Å². The fourth-order valence-electron chi connectivity index (χ4n) is 0.678. The van der Waals surface area contributed by atoms with E-state index in [-0.39, 0.29) is 0 Å². The molecule has 0 amide bonds. The molecule has 2 nitrogen and oxygen atoms in total. The van der Waals surface area contributed by atoms with Crippen LogP contribution in [0.25, 0.3) is 0 Å². The second-order valence-electron chi connectivity index (χ2n) is 1.97. The lowest BCUT2D eigenvalue weighted by molar-refractivity contribution is 0.224. The van der Waals surface area contributed by atoms with Gasteiger partial charge >= 0.3 is 0 Å². The number of aliphatic hydroxyl groups is 1. The Morgan fingerprint density at radius 1 is 1.80 bits per heavy atom. The van der Waals surface area contributed by atoms with Gasteiger partial charge in [0.1, 0.15) is 11.9 Å². The van der Waals surface area contributed by atoms with E-state index in [4.69, 9.17) is 15.9 Å². The van der Waals surface area contributed by atoms with Crippen molar-refractivity contribution in [3.05, 3.63) is 24.2 Å². The first kappa shape index (κ1) is 6.91. The monoisotopic (exact) mass is 136 g/mol. The van der Waals surface area contributed by atoms with E-state index in [9.17, 15) is 0 Å². The summed E-state index contributed by atoms with van der Waals surface area (Å²) in [7, 11) is 0. The molecule has 0 aliphatic rings. The first-order chi connectivity index (χ1) is 4.83. The van der Waals surface area contributed by atoms with Gasteiger partial charge in [-0.25, -0.2) is 0 Å². The van der Waals surface area contributed by atoms with E-state index < -0.39 is 6.10 Å². The van der Waals surface area contributed by atoms with Crippen molar-refractivity contribution in [2.45, 2.75) is 12.5 Å². The molecule has 0 saturated heterocycles. The summed E-state index contributed by atoms with van der Waals surface area (Å²) < 4.78 is 4.95. The molecule has 0 saturated carbocycles. The molecule has 0 bridgehead atoms. The maximum Gasteiger partial charge on any atom is 0.121 e. The van der Waals surface area contributed by atoms with Crippen molar-refractivity contribution in [1.82, 2.24) is 0 Å². The van der Waals surface area contributed by atoms with Crippen molar-refractivity contribution >= 4 is 0 Å². The molecule has 1 heterocycles. The predicted molar refractivity (Wildman–Crippen MR) is 37.3 cm³/mol. The number of hydrogen-bond acceptors (Lipinski definition) is 2. The lowest BCUT2D eigenvalue weighted by atomic mass is 10.2. The van der Waals surface area contributed by atoms with Crippen molar-refractivity contribution < 1.29 is 9.52 Å². The Labute approximate surface area is 59.5 Å². The van der Waals surface area contributed by atoms with Gasteiger partial charge in [-0.3, -0.25) is 0 Å². The van der Waals surface area contributed by atoms with E-state index >= 15 is 0 Å². The number of furan rings is 1. The highest BCUT2D eigenvalue weighted by molar-refractivity contribution is 5.05. The molecule has 52 valence electrons. The van der Waals surface area contributed by atoms with Gasteiger partial charge in [0, 0.05) is 6.42 Å². The number of terminal acetylenes is 1. The van der Waals surface area contributed by atoms with Crippen LogP contribution in [0.5, 0.6) is 0 Å². The highest BCUT2D eigenvalue weighted by Crippen LogP contribution is 2.02. The van der Waals surface area contributed by atoms with E-state index in [2.05, 4.69) is 5.92 Å². The molecule has 0 aliphatic heterocycles. The van der Waals surface area contributed by atoms with Crippen LogP contribution in [-0.2, 0) is 6.42 Å². The Bertz CT molecular complexity index is 218. The zero-order valence-electron chi connectivity index (χ0n) is 5.45. The summed E-state index contributed by atoms with van der Waals surface area (Å²) in [6.45, 7) is 0. The third-order valence-electron chi connectivity index (χ3n) is 1.17. The van der Waals surface area contributed by atoms with Gasteiger partial charge in [-0.15, -0.1) is 6.42 Å². The van der Waals surface area contributed by atoms with Crippen LogP contribution in [0.1, 0.15) is 5.76 Å². The number of rotatable bonds is 2. The van der Waals surface area contributed by atoms with Gasteiger partial charge in [-0.05, 0) is 12.1 Å². The SMILES string of the molecule is C#CC(O)Cc1ccco1. The molecule has 0 spiro atoms. The summed E-state index contributed by atoms with van der Waals surface area (Å²) in [5.74, 6) is 2.91. The smallest absolute Gasteiger partial charge is 0.121 e. The van der Waals surface area contributed by atoms with E-state index in [1.54, 1.807) is 18.4 Å². The Morgan fingerprint density at radius 2 is 2.60 bits per heavy atom. The summed E-state index contributed by atoms with van der Waals surface area (Å²) >= 11 is 0. The molecule has 0 radical (unpaired) electrons. The summed E-state index contributed by atoms with van der Waals surface area (Å²) in [6, 6.07) is 3.54. The average Bonchev–Trinajstić information content (AvgIpc) is 2.40. The molecule has 0 aliphatic carbocycles. The lowest BCUT2D eigenvalue weighted by Crippen LogP contribution is -2.05. The summed E-state index contributed by atoms with van der Waals surface area (Å²) in [5.41, 5.74) is 0. The molecule has 1 rings (SSSR count). The Hall–Kier alpha value is -1.20. The molecular formula is C8H8O2. The van der Waals surface area contributed by atoms with Crippen LogP contribution in [0.4, 0.5) is 0 Å². The summed E-state index contributed by atoms with van der Waals surface area (Å²) in [5, 5.41) is 8.93. The summed E-state index contributed by atoms with van der Waals surface area (Å²) in [4.78, 5) is 0. The van der Waals surface area contributed by atoms with Gasteiger partial charge in [0.15, 0.2) is 0 Å². The van der Waals surface area contributed by atoms with Crippen LogP contribution in [0.15, 0.2) is 22.8 Å². The van der Waals surface area contributed by atoms with Gasteiger partial charge in [-0.1, -0.05) is 5.92 Å². The zero-order chi connectivity index (χ0) is 7.40. The normalized spacial score (nSPS) is 12.4. The topological polar surface area (TPSA) is 33.4 Å². The van der Waals surface area contributed by atoms with E-state index in [0.29, 0.717) is 12.2 Å². The van der Waals surface area contributed by atoms with Gasteiger partial charge in [-0.2, -0.15) is 0 Å². The van der Waals surface area contributed by atoms with Crippen LogP contribution in [0, 0.1) is 12.3 Å². The molecule has 1 N–H and O–H groups in total. The number of hydrogen-bond donors (Lipinski definition) is 1. The molecule has 0 aromatic carbocycles. The molecule has 10 heavy (non-hydrogen) atoms. The predicted octanol–water partition coefficient (Wildman–Crippen LogP) is 0.816. The molecule has 1 atom stereocenters. The minimum atomic E-state index is -0.730. The Balaban J connectivity index is 2.50. The minimum absolute atomic E-state index is 0.392. The third kappa shape index (κ3) is 1.64. The average molecular weight is 136 g/mol. The highest BCUT2D eigenvalue weighted by Gasteiger charge is 2.01. The molecule has 1 aromatic heterocycles. The van der Waals surface area contributed by atoms with Gasteiger partial charge < -0.3 is 9.52 Å². The molecule has 1 aromatic rings. The second kappa shape index (κ2) is 3.09. The Morgan fingerprint density at radius 3 is 3.10 bits per heavy atom. The quantitative estimate of drug-likeness (QED) is 0.610. The molecule has 1 unspecified atom stereocenters. The zero-order valence-corrected chi connectivity index (χ0v) is 5.45. The van der Waals surface area contributed by atoms with Crippen LogP contribution in [-0.4, -0.2) is 11.2 Å². The van der Waals surface area contributed by atoms with Gasteiger partial charge in [0.05, 0.1) is 6.26 Å². The fourth-order valence-corrected chi connectivity index (χ4v) is 0.678. The van der Waals surface area contributed by atoms with Crippen molar-refractivity contribution in [2.75, 3.05) is 0 Å². The van der Waals surface area contributed by atoms with Crippen LogP contribution in [0.2, 0.25) is 0 Å². The van der Waals surface area contributed by atoms with E-state index in [1.807, 2.05) is 0 Å². The fraction of sp³-hybridized carbons (Fsp3) is 0.250. The third-order valence-corrected chi connectivity index (χ3v) is 1.17. The van der Waals surface area contributed by atoms with Gasteiger partial charge in [0.25, 0.3) is 0 Å². The molecule has 2 heteroatoms. The van der Waals surface area contributed by atoms with Crippen LogP contribution in [0.3, 0.4) is 0 Å². The second-order valence-corrected chi connectivity index (χ2v) is 1.97. The maximum atomic E-state index is 8.93. The minimum Gasteiger partial charge on any atom is -0.469 e. The maximum absolute atomic E-state index is 8.93. The van der Waals surface area contributed by atoms with Crippen molar-refractivity contribution in [1.29, 1.82) is 0 Å². The first-order valence-corrected chi connectivity index (χ1v) is 2.99. The van der Waals surface area contributed by atoms with Crippen molar-refractivity contribution in [2.24, 2.45) is 0 Å². The van der Waals surface area contributed by atoms with E-state index in [1.165, 1.54) is 0 Å². The molecular weight excluding hydrogens is 128 g/mol. The van der Waals surface area contributed by atoms with Crippen molar-refractivity contribution in [3.63, 3.8) is 0 Å². The summed E-state index contributed by atoms with van der Waals surface area (Å²) in [6.07, 6.45) is 6.16. The highest BCUT2D eigenvalue weighted by atomic mass is 16.3. The number of aliphatic hydroxyl groups excluding tert-OH is 1. The van der Waals surface area contributed by atoms with Gasteiger partial charge in [0.2, 0.25) is 0 Å². The van der Waals surface area contributed by atoms with E-state index in [0.717, 1.165) is 0 Å². The first-order valence-electron chi connectivity index (χ1n) is 2.99. The standard InChI is InChI=1S/C8H8O2/c1-2-7(9)6-8-4-3-5-10-8/h1,3-5,7,9H,6H2. The van der Waals surface area contributed by atoms with Crippen molar-refractivity contribution in [3.8, 4) is 12.3 Å². The van der Waals surface area contributed by atoms with Crippen LogP contribution >= 0.6 is 0 Å². The Kier molecular flexibility index (Phi) is 2.14. The largest absolute Gasteiger partial charge is 0.469 e. The molecule has 0 fully saturated rings. The lowest BCUT2D eigenvalue weighted by Gasteiger charge is -1.97.